The van der Waals surface area contributed by atoms with E-state index < -0.39 is 5.91 Å². The zero-order valence-electron chi connectivity index (χ0n) is 15.6. The Morgan fingerprint density at radius 1 is 0.963 bits per heavy atom. The number of thiophene rings is 1. The minimum Gasteiger partial charge on any atom is -0.365 e. The fourth-order valence-corrected chi connectivity index (χ4v) is 5.55. The van der Waals surface area contributed by atoms with Crippen LogP contribution in [-0.2, 0) is 22.4 Å². The van der Waals surface area contributed by atoms with Gasteiger partial charge < -0.3 is 16.0 Å². The first-order valence-electron chi connectivity index (χ1n) is 10.1. The first kappa shape index (κ1) is 18.5. The lowest BCUT2D eigenvalue weighted by Gasteiger charge is -2.31. The number of rotatable bonds is 4. The molecule has 1 aromatic rings. The van der Waals surface area contributed by atoms with Crippen molar-refractivity contribution in [3.05, 3.63) is 16.0 Å². The largest absolute Gasteiger partial charge is 0.365 e. The third kappa shape index (κ3) is 3.88. The molecular weight excluding hydrogens is 362 g/mol. The lowest BCUT2D eigenvalue weighted by Crippen LogP contribution is -2.42. The second-order valence-electron chi connectivity index (χ2n) is 8.00. The van der Waals surface area contributed by atoms with Gasteiger partial charge in [-0.05, 0) is 56.9 Å². The molecule has 1 aromatic heterocycles. The summed E-state index contributed by atoms with van der Waals surface area (Å²) in [6.07, 6.45) is 8.55. The monoisotopic (exact) mass is 389 g/mol. The molecule has 7 heteroatoms. The molecule has 3 amide bonds. The highest BCUT2D eigenvalue weighted by Crippen LogP contribution is 2.38. The molecule has 1 saturated carbocycles. The fraction of sp³-hybridized carbons (Fsp3) is 0.650. The maximum absolute atomic E-state index is 12.8. The summed E-state index contributed by atoms with van der Waals surface area (Å²) in [7, 11) is 0. The molecule has 6 nitrogen and oxygen atoms in total. The minimum atomic E-state index is -0.449. The van der Waals surface area contributed by atoms with Crippen LogP contribution in [0.25, 0.3) is 0 Å². The SMILES string of the molecule is NC(=O)c1c(NC(=O)C2CCN(C(=O)C3CC3)CC2)sc2c1CCCCC2. The summed E-state index contributed by atoms with van der Waals surface area (Å²) >= 11 is 1.52. The Balaban J connectivity index is 1.42. The Bertz CT molecular complexity index is 761. The molecule has 2 aliphatic carbocycles. The number of fused-ring (bicyclic) bond motifs is 1. The predicted octanol–water partition coefficient (Wildman–Crippen LogP) is 2.70. The third-order valence-electron chi connectivity index (χ3n) is 6.01. The zero-order chi connectivity index (χ0) is 19.0. The zero-order valence-corrected chi connectivity index (χ0v) is 16.4. The standard InChI is InChI=1S/C20H27N3O3S/c21-17(24)16-14-4-2-1-3-5-15(14)27-19(16)22-18(25)12-8-10-23(11-9-12)20(26)13-6-7-13/h12-13H,1-11H2,(H2,21,24)(H,22,25). The summed E-state index contributed by atoms with van der Waals surface area (Å²) in [6, 6.07) is 0. The van der Waals surface area contributed by atoms with Crippen molar-refractivity contribution in [1.29, 1.82) is 0 Å². The highest BCUT2D eigenvalue weighted by Gasteiger charge is 2.36. The molecule has 146 valence electrons. The van der Waals surface area contributed by atoms with Gasteiger partial charge in [0.25, 0.3) is 5.91 Å². The van der Waals surface area contributed by atoms with Crippen LogP contribution in [0.3, 0.4) is 0 Å². The Morgan fingerprint density at radius 2 is 1.67 bits per heavy atom. The van der Waals surface area contributed by atoms with Crippen molar-refractivity contribution in [3.63, 3.8) is 0 Å². The number of hydrogen-bond donors (Lipinski definition) is 2. The number of primary amides is 1. The first-order chi connectivity index (χ1) is 13.0. The molecule has 27 heavy (non-hydrogen) atoms. The molecule has 0 unspecified atom stereocenters. The molecule has 0 aromatic carbocycles. The molecule has 3 N–H and O–H groups in total. The predicted molar refractivity (Wildman–Crippen MR) is 105 cm³/mol. The number of nitrogens with zero attached hydrogens (tertiary/aromatic N) is 1. The highest BCUT2D eigenvalue weighted by molar-refractivity contribution is 7.17. The van der Waals surface area contributed by atoms with Crippen LogP contribution in [0, 0.1) is 11.8 Å². The van der Waals surface area contributed by atoms with Crippen LogP contribution < -0.4 is 11.1 Å². The highest BCUT2D eigenvalue weighted by atomic mass is 32.1. The van der Waals surface area contributed by atoms with Gasteiger partial charge in [0.2, 0.25) is 11.8 Å². The first-order valence-corrected chi connectivity index (χ1v) is 10.9. The third-order valence-corrected chi connectivity index (χ3v) is 7.22. The summed E-state index contributed by atoms with van der Waals surface area (Å²) in [6.45, 7) is 1.30. The second-order valence-corrected chi connectivity index (χ2v) is 9.10. The van der Waals surface area contributed by atoms with Crippen molar-refractivity contribution < 1.29 is 14.4 Å². The number of carbonyl (C=O) groups is 3. The van der Waals surface area contributed by atoms with Gasteiger partial charge in [0.05, 0.1) is 5.56 Å². The quantitative estimate of drug-likeness (QED) is 0.776. The van der Waals surface area contributed by atoms with Gasteiger partial charge in [-0.1, -0.05) is 6.42 Å². The van der Waals surface area contributed by atoms with E-state index in [9.17, 15) is 14.4 Å². The van der Waals surface area contributed by atoms with Gasteiger partial charge in [0.1, 0.15) is 5.00 Å². The molecule has 0 bridgehead atoms. The van der Waals surface area contributed by atoms with Crippen molar-refractivity contribution in [1.82, 2.24) is 4.90 Å². The molecule has 0 spiro atoms. The van der Waals surface area contributed by atoms with Gasteiger partial charge in [-0.15, -0.1) is 11.3 Å². The molecule has 1 saturated heterocycles. The average molecular weight is 390 g/mol. The van der Waals surface area contributed by atoms with E-state index in [1.54, 1.807) is 0 Å². The molecular formula is C20H27N3O3S. The fourth-order valence-electron chi connectivity index (χ4n) is 4.26. The van der Waals surface area contributed by atoms with Gasteiger partial charge in [-0.3, -0.25) is 14.4 Å². The smallest absolute Gasteiger partial charge is 0.251 e. The van der Waals surface area contributed by atoms with Crippen molar-refractivity contribution in [3.8, 4) is 0 Å². The number of nitrogens with one attached hydrogen (secondary N) is 1. The molecule has 3 aliphatic rings. The van der Waals surface area contributed by atoms with E-state index in [0.29, 0.717) is 36.5 Å². The Hall–Kier alpha value is -1.89. The van der Waals surface area contributed by atoms with E-state index in [1.165, 1.54) is 22.6 Å². The number of nitrogens with two attached hydrogens (primary N) is 1. The Kier molecular flexibility index (Phi) is 5.21. The Morgan fingerprint density at radius 3 is 2.33 bits per heavy atom. The van der Waals surface area contributed by atoms with Crippen LogP contribution in [-0.4, -0.2) is 35.7 Å². The molecule has 0 atom stereocenters. The van der Waals surface area contributed by atoms with E-state index in [1.807, 2.05) is 4.90 Å². The molecule has 2 fully saturated rings. The van der Waals surface area contributed by atoms with Gasteiger partial charge in [0, 0.05) is 29.8 Å². The van der Waals surface area contributed by atoms with Crippen LogP contribution in [0.4, 0.5) is 5.00 Å². The average Bonchev–Trinajstić information content (AvgIpc) is 3.47. The van der Waals surface area contributed by atoms with Crippen LogP contribution in [0.2, 0.25) is 0 Å². The molecule has 1 aliphatic heterocycles. The van der Waals surface area contributed by atoms with Crippen molar-refractivity contribution in [2.45, 2.75) is 57.8 Å². The number of hydrogen-bond acceptors (Lipinski definition) is 4. The number of carbonyl (C=O) groups excluding carboxylic acids is 3. The summed E-state index contributed by atoms with van der Waals surface area (Å²) < 4.78 is 0. The van der Waals surface area contributed by atoms with Crippen molar-refractivity contribution >= 4 is 34.1 Å². The number of piperidine rings is 1. The number of amides is 3. The van der Waals surface area contributed by atoms with E-state index in [4.69, 9.17) is 5.73 Å². The minimum absolute atomic E-state index is 0.0487. The second kappa shape index (κ2) is 7.62. The lowest BCUT2D eigenvalue weighted by molar-refractivity contribution is -0.135. The number of aryl methyl sites for hydroxylation is 1. The van der Waals surface area contributed by atoms with Crippen molar-refractivity contribution in [2.75, 3.05) is 18.4 Å². The molecule has 2 heterocycles. The van der Waals surface area contributed by atoms with Crippen molar-refractivity contribution in [2.24, 2.45) is 17.6 Å². The van der Waals surface area contributed by atoms with Gasteiger partial charge in [-0.2, -0.15) is 0 Å². The lowest BCUT2D eigenvalue weighted by atomic mass is 9.95. The van der Waals surface area contributed by atoms with E-state index in [-0.39, 0.29) is 23.7 Å². The van der Waals surface area contributed by atoms with E-state index in [2.05, 4.69) is 5.32 Å². The van der Waals surface area contributed by atoms with Gasteiger partial charge >= 0.3 is 0 Å². The normalized spacial score (nSPS) is 20.7. The maximum Gasteiger partial charge on any atom is 0.251 e. The number of likely N-dealkylation sites (tertiary alicyclic amines) is 1. The van der Waals surface area contributed by atoms with Gasteiger partial charge in [-0.25, -0.2) is 0 Å². The van der Waals surface area contributed by atoms with Crippen LogP contribution >= 0.6 is 11.3 Å². The van der Waals surface area contributed by atoms with Crippen LogP contribution in [0.5, 0.6) is 0 Å². The van der Waals surface area contributed by atoms with E-state index in [0.717, 1.165) is 44.1 Å². The number of anilines is 1. The molecule has 0 radical (unpaired) electrons. The summed E-state index contributed by atoms with van der Waals surface area (Å²) in [5.74, 6) is -0.125. The summed E-state index contributed by atoms with van der Waals surface area (Å²) in [5, 5.41) is 3.61. The van der Waals surface area contributed by atoms with Crippen LogP contribution in [0.15, 0.2) is 0 Å². The summed E-state index contributed by atoms with van der Waals surface area (Å²) in [5.41, 5.74) is 7.21. The Labute approximate surface area is 163 Å². The van der Waals surface area contributed by atoms with E-state index >= 15 is 0 Å². The van der Waals surface area contributed by atoms with Crippen LogP contribution in [0.1, 0.15) is 65.7 Å². The maximum atomic E-state index is 12.8. The van der Waals surface area contributed by atoms with Gasteiger partial charge in [0.15, 0.2) is 0 Å². The molecule has 4 rings (SSSR count). The summed E-state index contributed by atoms with van der Waals surface area (Å²) in [4.78, 5) is 40.1. The topological polar surface area (TPSA) is 92.5 Å².